The minimum absolute atomic E-state index is 0.0741. The lowest BCUT2D eigenvalue weighted by molar-refractivity contribution is -0.115. The molecule has 0 radical (unpaired) electrons. The highest BCUT2D eigenvalue weighted by atomic mass is 32.1. The first-order valence-electron chi connectivity index (χ1n) is 9.27. The summed E-state index contributed by atoms with van der Waals surface area (Å²) < 4.78 is 1.20. The zero-order valence-electron chi connectivity index (χ0n) is 14.7. The Balaban J connectivity index is 1.60. The van der Waals surface area contributed by atoms with Gasteiger partial charge >= 0.3 is 0 Å². The van der Waals surface area contributed by atoms with Gasteiger partial charge in [-0.05, 0) is 37.0 Å². The molecular weight excluding hydrogens is 362 g/mol. The van der Waals surface area contributed by atoms with E-state index in [1.54, 1.807) is 22.7 Å². The maximum atomic E-state index is 12.1. The number of thiazole rings is 1. The van der Waals surface area contributed by atoms with Crippen LogP contribution in [0.25, 0.3) is 20.8 Å². The fourth-order valence-corrected chi connectivity index (χ4v) is 6.08. The molecule has 3 heterocycles. The van der Waals surface area contributed by atoms with Crippen molar-refractivity contribution in [3.8, 4) is 10.6 Å². The number of carbonyl (C=O) groups is 1. The molecule has 26 heavy (non-hydrogen) atoms. The number of carbonyl (C=O) groups excluding carboxylic acids is 1. The molecule has 0 unspecified atom stereocenters. The van der Waals surface area contributed by atoms with Crippen LogP contribution in [0.1, 0.15) is 36.6 Å². The van der Waals surface area contributed by atoms with Crippen LogP contribution in [-0.2, 0) is 17.8 Å². The third kappa shape index (κ3) is 2.86. The summed E-state index contributed by atoms with van der Waals surface area (Å²) >= 11 is 3.48. The van der Waals surface area contributed by atoms with Crippen molar-refractivity contribution in [2.24, 2.45) is 0 Å². The van der Waals surface area contributed by atoms with Crippen molar-refractivity contribution < 1.29 is 4.79 Å². The average Bonchev–Trinajstić information content (AvgIpc) is 3.32. The maximum Gasteiger partial charge on any atom is 0.224 e. The van der Waals surface area contributed by atoms with Crippen molar-refractivity contribution in [2.45, 2.75) is 45.2 Å². The maximum absolute atomic E-state index is 12.1. The molecule has 5 rings (SSSR count). The minimum Gasteiger partial charge on any atom is -0.317 e. The molecule has 1 aliphatic heterocycles. The Bertz CT molecular complexity index is 953. The lowest BCUT2D eigenvalue weighted by atomic mass is 10.0. The van der Waals surface area contributed by atoms with Crippen LogP contribution in [0.4, 0.5) is 5.00 Å². The highest BCUT2D eigenvalue weighted by molar-refractivity contribution is 7.22. The number of rotatable bonds is 4. The lowest BCUT2D eigenvalue weighted by Crippen LogP contribution is -2.31. The quantitative estimate of drug-likeness (QED) is 0.697. The number of nitrogens with zero attached hydrogens (tertiary/aromatic N) is 2. The van der Waals surface area contributed by atoms with Crippen molar-refractivity contribution in [3.63, 3.8) is 0 Å². The Morgan fingerprint density at radius 2 is 2.15 bits per heavy atom. The number of fused-ring (bicyclic) bond motifs is 2. The van der Waals surface area contributed by atoms with Crippen LogP contribution in [-0.4, -0.2) is 28.4 Å². The van der Waals surface area contributed by atoms with Crippen LogP contribution in [0.2, 0.25) is 0 Å². The normalized spacial score (nSPS) is 17.4. The number of para-hydroxylation sites is 1. The van der Waals surface area contributed by atoms with Crippen LogP contribution in [0.5, 0.6) is 0 Å². The van der Waals surface area contributed by atoms with E-state index in [2.05, 4.69) is 28.4 Å². The second kappa shape index (κ2) is 6.44. The largest absolute Gasteiger partial charge is 0.317 e. The van der Waals surface area contributed by atoms with Crippen molar-refractivity contribution in [1.29, 1.82) is 0 Å². The van der Waals surface area contributed by atoms with Crippen LogP contribution in [0, 0.1) is 0 Å². The number of nitrogens with one attached hydrogen (secondary N) is 1. The zero-order valence-corrected chi connectivity index (χ0v) is 16.4. The van der Waals surface area contributed by atoms with Gasteiger partial charge in [0.05, 0.1) is 10.2 Å². The molecular formula is C20H21N3OS2. The Hall–Kier alpha value is -1.76. The summed E-state index contributed by atoms with van der Waals surface area (Å²) in [7, 11) is 0. The first kappa shape index (κ1) is 16.4. The molecule has 1 aromatic carbocycles. The lowest BCUT2D eigenvalue weighted by Gasteiger charge is -2.26. The van der Waals surface area contributed by atoms with Crippen LogP contribution in [0.3, 0.4) is 0 Å². The monoisotopic (exact) mass is 383 g/mol. The van der Waals surface area contributed by atoms with E-state index < -0.39 is 0 Å². The van der Waals surface area contributed by atoms with E-state index in [1.807, 2.05) is 13.0 Å². The van der Waals surface area contributed by atoms with Crippen LogP contribution < -0.4 is 5.32 Å². The summed E-state index contributed by atoms with van der Waals surface area (Å²) in [5.41, 5.74) is 3.61. The number of aromatic nitrogens is 1. The molecule has 1 N–H and O–H groups in total. The van der Waals surface area contributed by atoms with E-state index in [1.165, 1.54) is 33.5 Å². The molecule has 0 atom stereocenters. The van der Waals surface area contributed by atoms with Crippen molar-refractivity contribution in [3.05, 3.63) is 34.7 Å². The number of hydrogen-bond acceptors (Lipinski definition) is 5. The predicted octanol–water partition coefficient (Wildman–Crippen LogP) is 4.89. The Kier molecular flexibility index (Phi) is 4.07. The van der Waals surface area contributed by atoms with E-state index >= 15 is 0 Å². The van der Waals surface area contributed by atoms with Crippen molar-refractivity contribution in [2.75, 3.05) is 11.9 Å². The summed E-state index contributed by atoms with van der Waals surface area (Å²) in [6.45, 7) is 4.03. The predicted molar refractivity (Wildman–Crippen MR) is 109 cm³/mol. The molecule has 1 amide bonds. The molecule has 0 bridgehead atoms. The van der Waals surface area contributed by atoms with E-state index in [0.29, 0.717) is 6.42 Å². The molecule has 3 aromatic rings. The van der Waals surface area contributed by atoms with Gasteiger partial charge in [0.2, 0.25) is 5.91 Å². The van der Waals surface area contributed by atoms with Gasteiger partial charge in [-0.2, -0.15) is 0 Å². The SMILES string of the molecule is CCC(=O)Nc1sc2c(c1-c1nc3ccccc3s1)CCN(C1CC1)C2. The molecule has 2 aromatic heterocycles. The highest BCUT2D eigenvalue weighted by Crippen LogP contribution is 2.46. The molecule has 0 spiro atoms. The highest BCUT2D eigenvalue weighted by Gasteiger charge is 2.34. The zero-order chi connectivity index (χ0) is 17.7. The third-order valence-corrected chi connectivity index (χ3v) is 7.42. The Labute approximate surface area is 160 Å². The smallest absolute Gasteiger partial charge is 0.224 e. The molecule has 1 saturated carbocycles. The van der Waals surface area contributed by atoms with Crippen LogP contribution in [0.15, 0.2) is 24.3 Å². The topological polar surface area (TPSA) is 45.2 Å². The number of anilines is 1. The van der Waals surface area contributed by atoms with Gasteiger partial charge in [0.25, 0.3) is 0 Å². The molecule has 2 aliphatic rings. The first-order valence-corrected chi connectivity index (χ1v) is 10.9. The number of thiophene rings is 1. The Morgan fingerprint density at radius 1 is 1.31 bits per heavy atom. The molecule has 1 fully saturated rings. The van der Waals surface area contributed by atoms with E-state index in [4.69, 9.17) is 4.98 Å². The van der Waals surface area contributed by atoms with Gasteiger partial charge in [-0.3, -0.25) is 9.69 Å². The summed E-state index contributed by atoms with van der Waals surface area (Å²) in [5, 5.41) is 5.17. The van der Waals surface area contributed by atoms with E-state index in [-0.39, 0.29) is 5.91 Å². The van der Waals surface area contributed by atoms with Gasteiger partial charge in [0, 0.05) is 36.0 Å². The van der Waals surface area contributed by atoms with Crippen molar-refractivity contribution >= 4 is 43.8 Å². The van der Waals surface area contributed by atoms with Gasteiger partial charge in [0.1, 0.15) is 10.0 Å². The first-order chi connectivity index (χ1) is 12.7. The van der Waals surface area contributed by atoms with Crippen LogP contribution >= 0.6 is 22.7 Å². The van der Waals surface area contributed by atoms with Gasteiger partial charge < -0.3 is 5.32 Å². The summed E-state index contributed by atoms with van der Waals surface area (Å²) in [5.74, 6) is 0.0741. The van der Waals surface area contributed by atoms with Gasteiger partial charge in [-0.1, -0.05) is 19.1 Å². The molecule has 6 heteroatoms. The summed E-state index contributed by atoms with van der Waals surface area (Å²) in [6.07, 6.45) is 4.22. The summed E-state index contributed by atoms with van der Waals surface area (Å²) in [4.78, 5) is 21.0. The van der Waals surface area contributed by atoms with Gasteiger partial charge in [-0.25, -0.2) is 4.98 Å². The third-order valence-electron chi connectivity index (χ3n) is 5.23. The molecule has 4 nitrogen and oxygen atoms in total. The molecule has 1 aliphatic carbocycles. The minimum atomic E-state index is 0.0741. The van der Waals surface area contributed by atoms with Gasteiger partial charge in [-0.15, -0.1) is 22.7 Å². The van der Waals surface area contributed by atoms with E-state index in [0.717, 1.165) is 41.1 Å². The van der Waals surface area contributed by atoms with Crippen molar-refractivity contribution in [1.82, 2.24) is 9.88 Å². The fourth-order valence-electron chi connectivity index (χ4n) is 3.68. The number of benzene rings is 1. The van der Waals surface area contributed by atoms with Gasteiger partial charge in [0.15, 0.2) is 0 Å². The number of amides is 1. The Morgan fingerprint density at radius 3 is 2.92 bits per heavy atom. The molecule has 0 saturated heterocycles. The molecule has 134 valence electrons. The number of hydrogen-bond donors (Lipinski definition) is 1. The standard InChI is InChI=1S/C20H21N3OS2/c1-2-17(24)22-20-18(19-21-14-5-3-4-6-15(14)25-19)13-9-10-23(12-7-8-12)11-16(13)26-20/h3-6,12H,2,7-11H2,1H3,(H,22,24). The summed E-state index contributed by atoms with van der Waals surface area (Å²) in [6, 6.07) is 9.05. The average molecular weight is 384 g/mol. The fraction of sp³-hybridized carbons (Fsp3) is 0.400. The second-order valence-corrected chi connectivity index (χ2v) is 9.18. The van der Waals surface area contributed by atoms with E-state index in [9.17, 15) is 4.79 Å². The second-order valence-electron chi connectivity index (χ2n) is 7.05.